The fourth-order valence-corrected chi connectivity index (χ4v) is 2.69. The molecule has 0 saturated heterocycles. The van der Waals surface area contributed by atoms with Gasteiger partial charge >= 0.3 is 0 Å². The number of rotatable bonds is 6. The fraction of sp³-hybridized carbons (Fsp3) is 0.500. The van der Waals surface area contributed by atoms with Gasteiger partial charge in [0, 0.05) is 18.6 Å². The van der Waals surface area contributed by atoms with Crippen LogP contribution < -0.4 is 15.8 Å². The first-order chi connectivity index (χ1) is 8.32. The lowest BCUT2D eigenvalue weighted by molar-refractivity contribution is 0.572. The maximum atomic E-state index is 12.0. The molecule has 0 atom stereocenters. The minimum absolute atomic E-state index is 0.244. The summed E-state index contributed by atoms with van der Waals surface area (Å²) in [7, 11) is -3.47. The summed E-state index contributed by atoms with van der Waals surface area (Å²) < 4.78 is 26.6. The summed E-state index contributed by atoms with van der Waals surface area (Å²) in [6, 6.07) is 6.80. The zero-order chi connectivity index (χ0) is 13.8. The summed E-state index contributed by atoms with van der Waals surface area (Å²) in [6.45, 7) is 6.35. The number of nitrogens with two attached hydrogens (primary N) is 1. The van der Waals surface area contributed by atoms with Crippen LogP contribution in [0, 0.1) is 0 Å². The van der Waals surface area contributed by atoms with Crippen LogP contribution in [0.3, 0.4) is 0 Å². The van der Waals surface area contributed by atoms with Crippen molar-refractivity contribution in [1.82, 2.24) is 4.72 Å². The largest absolute Gasteiger partial charge is 0.378 e. The molecule has 18 heavy (non-hydrogen) atoms. The summed E-state index contributed by atoms with van der Waals surface area (Å²) in [5, 5.41) is 3.16. The fourth-order valence-electron chi connectivity index (χ4n) is 1.49. The third kappa shape index (κ3) is 3.69. The predicted octanol–water partition coefficient (Wildman–Crippen LogP) is 1.13. The maximum absolute atomic E-state index is 12.0. The second-order valence-corrected chi connectivity index (χ2v) is 6.45. The van der Waals surface area contributed by atoms with Crippen LogP contribution in [0.1, 0.15) is 20.8 Å². The number of para-hydroxylation sites is 1. The van der Waals surface area contributed by atoms with E-state index in [1.54, 1.807) is 31.2 Å². The Balaban J connectivity index is 3.15. The SMILES string of the molecule is CCNS(=O)(=O)c1ccccc1NC(C)(C)CN. The summed E-state index contributed by atoms with van der Waals surface area (Å²) >= 11 is 0. The van der Waals surface area contributed by atoms with Crippen molar-refractivity contribution >= 4 is 15.7 Å². The molecule has 0 unspecified atom stereocenters. The van der Waals surface area contributed by atoms with Crippen molar-refractivity contribution in [3.63, 3.8) is 0 Å². The van der Waals surface area contributed by atoms with E-state index in [0.717, 1.165) is 0 Å². The first kappa shape index (κ1) is 14.9. The number of anilines is 1. The smallest absolute Gasteiger partial charge is 0.242 e. The molecule has 0 amide bonds. The molecule has 0 aliphatic heterocycles. The van der Waals surface area contributed by atoms with Gasteiger partial charge < -0.3 is 11.1 Å². The Kier molecular flexibility index (Phi) is 4.72. The van der Waals surface area contributed by atoms with E-state index in [1.165, 1.54) is 0 Å². The molecule has 6 heteroatoms. The van der Waals surface area contributed by atoms with Crippen molar-refractivity contribution in [1.29, 1.82) is 0 Å². The molecule has 0 aromatic heterocycles. The van der Waals surface area contributed by atoms with E-state index in [0.29, 0.717) is 18.8 Å². The third-order valence-electron chi connectivity index (χ3n) is 2.49. The van der Waals surface area contributed by atoms with Crippen molar-refractivity contribution in [2.45, 2.75) is 31.2 Å². The van der Waals surface area contributed by atoms with Crippen LogP contribution in [0.5, 0.6) is 0 Å². The van der Waals surface area contributed by atoms with E-state index in [4.69, 9.17) is 5.73 Å². The number of nitrogens with one attached hydrogen (secondary N) is 2. The van der Waals surface area contributed by atoms with Gasteiger partial charge in [0.1, 0.15) is 4.90 Å². The standard InChI is InChI=1S/C12H21N3O2S/c1-4-14-18(16,17)11-8-6-5-7-10(11)15-12(2,3)9-13/h5-8,14-15H,4,9,13H2,1-3H3. The molecule has 1 aromatic rings. The van der Waals surface area contributed by atoms with E-state index >= 15 is 0 Å². The van der Waals surface area contributed by atoms with Crippen molar-refractivity contribution < 1.29 is 8.42 Å². The Hall–Kier alpha value is -1.11. The van der Waals surface area contributed by atoms with Gasteiger partial charge in [-0.1, -0.05) is 19.1 Å². The second-order valence-electron chi connectivity index (χ2n) is 4.71. The van der Waals surface area contributed by atoms with Gasteiger partial charge in [-0.15, -0.1) is 0 Å². The third-order valence-corrected chi connectivity index (χ3v) is 4.10. The molecular weight excluding hydrogens is 250 g/mol. The minimum Gasteiger partial charge on any atom is -0.378 e. The molecular formula is C12H21N3O2S. The first-order valence-corrected chi connectivity index (χ1v) is 7.37. The second kappa shape index (κ2) is 5.69. The Bertz CT molecular complexity index is 498. The molecule has 0 bridgehead atoms. The number of benzene rings is 1. The first-order valence-electron chi connectivity index (χ1n) is 5.89. The Morgan fingerprint density at radius 1 is 1.28 bits per heavy atom. The summed E-state index contributed by atoms with van der Waals surface area (Å²) in [5.41, 5.74) is 5.84. The van der Waals surface area contributed by atoms with Gasteiger partial charge in [0.05, 0.1) is 5.69 Å². The summed E-state index contributed by atoms with van der Waals surface area (Å²) in [5.74, 6) is 0. The molecule has 1 rings (SSSR count). The molecule has 0 heterocycles. The van der Waals surface area contributed by atoms with Crippen LogP contribution in [0.15, 0.2) is 29.2 Å². The normalized spacial score (nSPS) is 12.4. The zero-order valence-corrected chi connectivity index (χ0v) is 11.8. The average Bonchev–Trinajstić information content (AvgIpc) is 2.29. The van der Waals surface area contributed by atoms with Gasteiger partial charge in [-0.2, -0.15) is 0 Å². The molecule has 0 radical (unpaired) electrons. The van der Waals surface area contributed by atoms with Crippen LogP contribution in [0.2, 0.25) is 0 Å². The number of sulfonamides is 1. The van der Waals surface area contributed by atoms with Crippen LogP contribution in [0.25, 0.3) is 0 Å². The summed E-state index contributed by atoms with van der Waals surface area (Å²) in [6.07, 6.45) is 0. The average molecular weight is 271 g/mol. The Morgan fingerprint density at radius 3 is 2.44 bits per heavy atom. The summed E-state index contributed by atoms with van der Waals surface area (Å²) in [4.78, 5) is 0.244. The quantitative estimate of drug-likeness (QED) is 0.724. The highest BCUT2D eigenvalue weighted by Gasteiger charge is 2.21. The molecule has 0 fully saturated rings. The van der Waals surface area contributed by atoms with Gasteiger partial charge in [-0.05, 0) is 26.0 Å². The Labute approximate surface area is 109 Å². The van der Waals surface area contributed by atoms with E-state index in [-0.39, 0.29) is 10.4 Å². The van der Waals surface area contributed by atoms with E-state index in [2.05, 4.69) is 10.0 Å². The highest BCUT2D eigenvalue weighted by atomic mass is 32.2. The number of hydrogen-bond donors (Lipinski definition) is 3. The molecule has 0 aliphatic rings. The highest BCUT2D eigenvalue weighted by Crippen LogP contribution is 2.23. The van der Waals surface area contributed by atoms with E-state index in [1.807, 2.05) is 13.8 Å². The van der Waals surface area contributed by atoms with Gasteiger partial charge in [-0.25, -0.2) is 13.1 Å². The molecule has 0 aliphatic carbocycles. The lowest BCUT2D eigenvalue weighted by Crippen LogP contribution is -2.39. The van der Waals surface area contributed by atoms with Crippen molar-refractivity contribution in [3.8, 4) is 0 Å². The molecule has 0 spiro atoms. The van der Waals surface area contributed by atoms with Crippen molar-refractivity contribution in [2.75, 3.05) is 18.4 Å². The van der Waals surface area contributed by atoms with Gasteiger partial charge in [0.25, 0.3) is 0 Å². The Morgan fingerprint density at radius 2 is 1.89 bits per heavy atom. The maximum Gasteiger partial charge on any atom is 0.242 e. The number of hydrogen-bond acceptors (Lipinski definition) is 4. The van der Waals surface area contributed by atoms with E-state index < -0.39 is 10.0 Å². The topological polar surface area (TPSA) is 84.2 Å². The lowest BCUT2D eigenvalue weighted by Gasteiger charge is -2.27. The van der Waals surface area contributed by atoms with Crippen LogP contribution in [-0.4, -0.2) is 27.0 Å². The molecule has 5 nitrogen and oxygen atoms in total. The van der Waals surface area contributed by atoms with Gasteiger partial charge in [0.2, 0.25) is 10.0 Å². The monoisotopic (exact) mass is 271 g/mol. The minimum atomic E-state index is -3.47. The van der Waals surface area contributed by atoms with Crippen LogP contribution in [0.4, 0.5) is 5.69 Å². The molecule has 0 saturated carbocycles. The van der Waals surface area contributed by atoms with Crippen LogP contribution in [-0.2, 0) is 10.0 Å². The van der Waals surface area contributed by atoms with Crippen molar-refractivity contribution in [2.24, 2.45) is 5.73 Å². The van der Waals surface area contributed by atoms with Gasteiger partial charge in [0.15, 0.2) is 0 Å². The molecule has 102 valence electrons. The highest BCUT2D eigenvalue weighted by molar-refractivity contribution is 7.89. The molecule has 1 aromatic carbocycles. The van der Waals surface area contributed by atoms with E-state index in [9.17, 15) is 8.42 Å². The zero-order valence-electron chi connectivity index (χ0n) is 11.0. The molecule has 4 N–H and O–H groups in total. The van der Waals surface area contributed by atoms with Gasteiger partial charge in [-0.3, -0.25) is 0 Å². The predicted molar refractivity (Wildman–Crippen MR) is 74.1 cm³/mol. The van der Waals surface area contributed by atoms with Crippen LogP contribution >= 0.6 is 0 Å². The lowest BCUT2D eigenvalue weighted by atomic mass is 10.1. The van der Waals surface area contributed by atoms with Crippen molar-refractivity contribution in [3.05, 3.63) is 24.3 Å².